The Balaban J connectivity index is 0. The Labute approximate surface area is 74.6 Å². The summed E-state index contributed by atoms with van der Waals surface area (Å²) in [6.07, 6.45) is 7.01. The van der Waals surface area contributed by atoms with Gasteiger partial charge in [0.05, 0.1) is 0 Å². The first kappa shape index (κ1) is 14.4. The summed E-state index contributed by atoms with van der Waals surface area (Å²) in [6.45, 7) is 4.49. The summed E-state index contributed by atoms with van der Waals surface area (Å²) in [4.78, 5) is 0. The largest absolute Gasteiger partial charge is 0.394 e. The van der Waals surface area contributed by atoms with Crippen molar-refractivity contribution in [3.63, 3.8) is 0 Å². The van der Waals surface area contributed by atoms with Gasteiger partial charge in [0.2, 0.25) is 0 Å². The van der Waals surface area contributed by atoms with Gasteiger partial charge >= 0.3 is 10.4 Å². The Morgan fingerprint density at radius 3 is 1.33 bits per heavy atom. The molecular formula is C7H18O4S. The van der Waals surface area contributed by atoms with E-state index in [-0.39, 0.29) is 0 Å². The van der Waals surface area contributed by atoms with Crippen molar-refractivity contribution in [2.45, 2.75) is 46.0 Å². The molecule has 12 heavy (non-hydrogen) atoms. The van der Waals surface area contributed by atoms with E-state index >= 15 is 0 Å². The molecule has 0 bridgehead atoms. The topological polar surface area (TPSA) is 74.6 Å². The second-order valence-corrected chi connectivity index (χ2v) is 3.40. The number of unbranched alkanes of at least 4 members (excludes halogenated alkanes) is 4. The second kappa shape index (κ2) is 8.96. The van der Waals surface area contributed by atoms with E-state index < -0.39 is 10.4 Å². The van der Waals surface area contributed by atoms with Crippen LogP contribution < -0.4 is 0 Å². The van der Waals surface area contributed by atoms with Crippen molar-refractivity contribution in [2.75, 3.05) is 0 Å². The normalized spacial score (nSPS) is 10.3. The predicted octanol–water partition coefficient (Wildman–Crippen LogP) is 2.32. The lowest BCUT2D eigenvalue weighted by atomic mass is 10.2. The zero-order valence-electron chi connectivity index (χ0n) is 7.65. The third-order valence-electron chi connectivity index (χ3n) is 1.21. The zero-order valence-corrected chi connectivity index (χ0v) is 8.47. The molecule has 0 unspecified atom stereocenters. The smallest absolute Gasteiger partial charge is 0.264 e. The van der Waals surface area contributed by atoms with E-state index in [0.29, 0.717) is 0 Å². The molecule has 0 aromatic rings. The monoisotopic (exact) mass is 198 g/mol. The Kier molecular flexibility index (Phi) is 10.8. The van der Waals surface area contributed by atoms with Gasteiger partial charge in [-0.05, 0) is 0 Å². The maximum Gasteiger partial charge on any atom is 0.394 e. The van der Waals surface area contributed by atoms with E-state index in [1.807, 2.05) is 0 Å². The summed E-state index contributed by atoms with van der Waals surface area (Å²) in [5, 5.41) is 0. The molecule has 0 aliphatic rings. The van der Waals surface area contributed by atoms with Crippen LogP contribution in [0.1, 0.15) is 46.0 Å². The molecule has 2 N–H and O–H groups in total. The van der Waals surface area contributed by atoms with Crippen LogP contribution in [0.4, 0.5) is 0 Å². The molecule has 0 saturated carbocycles. The first-order valence-corrected chi connectivity index (χ1v) is 5.51. The van der Waals surface area contributed by atoms with Gasteiger partial charge in [-0.2, -0.15) is 8.42 Å². The van der Waals surface area contributed by atoms with Gasteiger partial charge in [0.15, 0.2) is 0 Å². The molecule has 0 amide bonds. The lowest BCUT2D eigenvalue weighted by Crippen LogP contribution is -1.89. The highest BCUT2D eigenvalue weighted by atomic mass is 32.3. The molecule has 0 aliphatic heterocycles. The minimum absolute atomic E-state index is 1.36. The number of hydrogen-bond donors (Lipinski definition) is 2. The third kappa shape index (κ3) is 51.8. The Hall–Kier alpha value is -0.130. The van der Waals surface area contributed by atoms with Crippen LogP contribution in [0, 0.1) is 0 Å². The van der Waals surface area contributed by atoms with Crippen molar-refractivity contribution < 1.29 is 17.5 Å². The molecule has 0 radical (unpaired) electrons. The fraction of sp³-hybridized carbons (Fsp3) is 1.00. The van der Waals surface area contributed by atoms with Crippen LogP contribution in [0.3, 0.4) is 0 Å². The molecule has 0 atom stereocenters. The first-order chi connectivity index (χ1) is 5.41. The quantitative estimate of drug-likeness (QED) is 0.537. The molecule has 5 heteroatoms. The molecule has 0 saturated heterocycles. The molecule has 0 fully saturated rings. The Morgan fingerprint density at radius 1 is 0.917 bits per heavy atom. The summed E-state index contributed by atoms with van der Waals surface area (Å²) in [5.41, 5.74) is 0. The van der Waals surface area contributed by atoms with Gasteiger partial charge in [0, 0.05) is 0 Å². The fourth-order valence-electron chi connectivity index (χ4n) is 0.677. The molecule has 76 valence electrons. The van der Waals surface area contributed by atoms with Crippen LogP contribution in [0.25, 0.3) is 0 Å². The fourth-order valence-corrected chi connectivity index (χ4v) is 0.677. The predicted molar refractivity (Wildman–Crippen MR) is 48.6 cm³/mol. The summed E-state index contributed by atoms with van der Waals surface area (Å²) in [6, 6.07) is 0. The van der Waals surface area contributed by atoms with Crippen molar-refractivity contribution in [3.8, 4) is 0 Å². The second-order valence-electron chi connectivity index (χ2n) is 2.51. The number of rotatable bonds is 4. The van der Waals surface area contributed by atoms with Gasteiger partial charge in [0.25, 0.3) is 0 Å². The van der Waals surface area contributed by atoms with E-state index in [9.17, 15) is 0 Å². The van der Waals surface area contributed by atoms with Crippen molar-refractivity contribution in [3.05, 3.63) is 0 Å². The molecule has 0 rings (SSSR count). The zero-order chi connectivity index (χ0) is 10.0. The van der Waals surface area contributed by atoms with Crippen molar-refractivity contribution >= 4 is 10.4 Å². The molecule has 0 aromatic heterocycles. The maximum atomic E-state index is 8.74. The van der Waals surface area contributed by atoms with Crippen molar-refractivity contribution in [1.29, 1.82) is 0 Å². The van der Waals surface area contributed by atoms with Crippen molar-refractivity contribution in [1.82, 2.24) is 0 Å². The van der Waals surface area contributed by atoms with E-state index in [2.05, 4.69) is 13.8 Å². The minimum atomic E-state index is -4.67. The van der Waals surface area contributed by atoms with Gasteiger partial charge in [-0.1, -0.05) is 46.0 Å². The molecule has 0 aliphatic carbocycles. The maximum absolute atomic E-state index is 8.74. The van der Waals surface area contributed by atoms with E-state index in [1.54, 1.807) is 0 Å². The van der Waals surface area contributed by atoms with Crippen LogP contribution in [0.5, 0.6) is 0 Å². The molecule has 0 heterocycles. The van der Waals surface area contributed by atoms with Gasteiger partial charge in [-0.15, -0.1) is 0 Å². The summed E-state index contributed by atoms with van der Waals surface area (Å²) in [7, 11) is -4.67. The number of hydrogen-bond acceptors (Lipinski definition) is 2. The van der Waals surface area contributed by atoms with Crippen LogP contribution in [-0.2, 0) is 10.4 Å². The third-order valence-corrected chi connectivity index (χ3v) is 1.21. The molecule has 0 spiro atoms. The summed E-state index contributed by atoms with van der Waals surface area (Å²) < 4.78 is 31.6. The molecule has 0 aromatic carbocycles. The van der Waals surface area contributed by atoms with E-state index in [1.165, 1.54) is 32.1 Å². The average Bonchev–Trinajstić information content (AvgIpc) is 1.85. The molecule has 4 nitrogen and oxygen atoms in total. The first-order valence-electron chi connectivity index (χ1n) is 4.11. The lowest BCUT2D eigenvalue weighted by molar-refractivity contribution is 0.381. The lowest BCUT2D eigenvalue weighted by Gasteiger charge is -1.90. The van der Waals surface area contributed by atoms with E-state index in [0.717, 1.165) is 0 Å². The van der Waals surface area contributed by atoms with Crippen molar-refractivity contribution in [2.24, 2.45) is 0 Å². The highest BCUT2D eigenvalue weighted by Crippen LogP contribution is 2.00. The SMILES string of the molecule is CCCCCCC.O=S(=O)(O)O. The summed E-state index contributed by atoms with van der Waals surface area (Å²) >= 11 is 0. The van der Waals surface area contributed by atoms with Gasteiger partial charge in [-0.3, -0.25) is 9.11 Å². The van der Waals surface area contributed by atoms with Crippen LogP contribution in [0.15, 0.2) is 0 Å². The minimum Gasteiger partial charge on any atom is -0.264 e. The standard InChI is InChI=1S/C7H16.H2O4S/c1-3-5-7-6-4-2;1-5(2,3)4/h3-7H2,1-2H3;(H2,1,2,3,4). The summed E-state index contributed by atoms with van der Waals surface area (Å²) in [5.74, 6) is 0. The van der Waals surface area contributed by atoms with Crippen LogP contribution in [-0.4, -0.2) is 17.5 Å². The molecular weight excluding hydrogens is 180 g/mol. The van der Waals surface area contributed by atoms with Gasteiger partial charge in [0.1, 0.15) is 0 Å². The van der Waals surface area contributed by atoms with Gasteiger partial charge < -0.3 is 0 Å². The van der Waals surface area contributed by atoms with Crippen LogP contribution >= 0.6 is 0 Å². The Morgan fingerprint density at radius 2 is 1.17 bits per heavy atom. The Bertz CT molecular complexity index is 150. The van der Waals surface area contributed by atoms with Gasteiger partial charge in [-0.25, -0.2) is 0 Å². The van der Waals surface area contributed by atoms with Crippen LogP contribution in [0.2, 0.25) is 0 Å². The van der Waals surface area contributed by atoms with E-state index in [4.69, 9.17) is 17.5 Å². The average molecular weight is 198 g/mol. The highest BCUT2D eigenvalue weighted by Gasteiger charge is 1.84. The highest BCUT2D eigenvalue weighted by molar-refractivity contribution is 7.79.